The zero-order chi connectivity index (χ0) is 18.7. The normalized spacial score (nSPS) is 17.4. The molecule has 3 N–H and O–H groups in total. The fraction of sp³-hybridized carbons (Fsp3) is 0.250. The Balaban J connectivity index is 2.38. The van der Waals surface area contributed by atoms with Gasteiger partial charge in [-0.25, -0.2) is 4.79 Å². The van der Waals surface area contributed by atoms with Crippen LogP contribution in [0.2, 0.25) is 0 Å². The van der Waals surface area contributed by atoms with E-state index in [1.807, 2.05) is 0 Å². The predicted molar refractivity (Wildman–Crippen MR) is 97.9 cm³/mol. The van der Waals surface area contributed by atoms with Crippen LogP contribution in [0.4, 0.5) is 0 Å². The first-order valence-corrected chi connectivity index (χ1v) is 8.40. The fourth-order valence-electron chi connectivity index (χ4n) is 2.33. The molecule has 2 rings (SSSR count). The minimum absolute atomic E-state index is 0.0847. The van der Waals surface area contributed by atoms with E-state index < -0.39 is 30.2 Å². The van der Waals surface area contributed by atoms with Crippen molar-refractivity contribution in [3.8, 4) is 5.75 Å². The van der Waals surface area contributed by atoms with Crippen LogP contribution in [0.15, 0.2) is 29.2 Å². The van der Waals surface area contributed by atoms with Crippen LogP contribution >= 0.6 is 24.0 Å². The summed E-state index contributed by atoms with van der Waals surface area (Å²) < 4.78 is 5.18. The highest BCUT2D eigenvalue weighted by atomic mass is 32.2. The van der Waals surface area contributed by atoms with Crippen molar-refractivity contribution in [1.82, 2.24) is 4.90 Å². The van der Waals surface area contributed by atoms with Gasteiger partial charge in [0.25, 0.3) is 5.91 Å². The molecule has 0 radical (unpaired) electrons. The molecule has 0 aliphatic carbocycles. The van der Waals surface area contributed by atoms with E-state index in [0.717, 1.165) is 22.2 Å². The van der Waals surface area contributed by atoms with Gasteiger partial charge in [-0.3, -0.25) is 14.5 Å². The number of hydrogen-bond acceptors (Lipinski definition) is 6. The molecule has 1 fully saturated rings. The zero-order valence-corrected chi connectivity index (χ0v) is 15.1. The third kappa shape index (κ3) is 3.99. The molecule has 1 atom stereocenters. The van der Waals surface area contributed by atoms with Gasteiger partial charge >= 0.3 is 5.97 Å². The standard InChI is InChI=1S/C16H16N2O5S2/c1-8(9-3-5-10(23-2)6-4-9)13-14(20)18(16(24)25-13)11(15(21)22)7-12(17)19/h3-6,11H,7H2,1-2H3,(H2,17,19)(H,21,22)/b13-8-. The Kier molecular flexibility index (Phi) is 5.81. The predicted octanol–water partition coefficient (Wildman–Crippen LogP) is 1.62. The number of aliphatic carboxylic acids is 1. The molecule has 1 heterocycles. The van der Waals surface area contributed by atoms with Gasteiger partial charge in [0.2, 0.25) is 5.91 Å². The van der Waals surface area contributed by atoms with Crippen molar-refractivity contribution in [2.24, 2.45) is 5.73 Å². The molecule has 1 aromatic rings. The lowest BCUT2D eigenvalue weighted by molar-refractivity contribution is -0.146. The number of ether oxygens (including phenoxy) is 1. The van der Waals surface area contributed by atoms with Crippen molar-refractivity contribution in [2.75, 3.05) is 7.11 Å². The highest BCUT2D eigenvalue weighted by Crippen LogP contribution is 2.38. The van der Waals surface area contributed by atoms with Crippen LogP contribution in [0.1, 0.15) is 18.9 Å². The van der Waals surface area contributed by atoms with E-state index in [9.17, 15) is 19.5 Å². The summed E-state index contributed by atoms with van der Waals surface area (Å²) >= 11 is 6.16. The van der Waals surface area contributed by atoms with Crippen LogP contribution in [0.3, 0.4) is 0 Å². The molecule has 2 amide bonds. The van der Waals surface area contributed by atoms with E-state index in [1.165, 1.54) is 0 Å². The summed E-state index contributed by atoms with van der Waals surface area (Å²) in [6.45, 7) is 1.75. The van der Waals surface area contributed by atoms with Crippen molar-refractivity contribution >= 4 is 51.7 Å². The molecule has 1 saturated heterocycles. The maximum atomic E-state index is 12.7. The van der Waals surface area contributed by atoms with E-state index in [4.69, 9.17) is 22.7 Å². The second-order valence-corrected chi connectivity index (χ2v) is 6.89. The van der Waals surface area contributed by atoms with Gasteiger partial charge in [-0.05, 0) is 30.2 Å². The van der Waals surface area contributed by atoms with Gasteiger partial charge in [-0.1, -0.05) is 36.1 Å². The van der Waals surface area contributed by atoms with Gasteiger partial charge in [0, 0.05) is 0 Å². The molecule has 0 bridgehead atoms. The van der Waals surface area contributed by atoms with E-state index in [2.05, 4.69) is 0 Å². The van der Waals surface area contributed by atoms with Gasteiger partial charge in [-0.2, -0.15) is 0 Å². The summed E-state index contributed by atoms with van der Waals surface area (Å²) in [7, 11) is 1.55. The molecule has 0 saturated carbocycles. The summed E-state index contributed by atoms with van der Waals surface area (Å²) in [5.41, 5.74) is 6.53. The monoisotopic (exact) mass is 380 g/mol. The number of nitrogens with two attached hydrogens (primary N) is 1. The Morgan fingerprint density at radius 2 is 1.96 bits per heavy atom. The second kappa shape index (κ2) is 7.66. The maximum Gasteiger partial charge on any atom is 0.327 e. The van der Waals surface area contributed by atoms with Crippen LogP contribution in [0.25, 0.3) is 5.57 Å². The number of hydrogen-bond donors (Lipinski definition) is 2. The molecule has 1 unspecified atom stereocenters. The fourth-order valence-corrected chi connectivity index (χ4v) is 3.73. The second-order valence-electron chi connectivity index (χ2n) is 5.25. The average molecular weight is 380 g/mol. The molecule has 25 heavy (non-hydrogen) atoms. The number of carbonyl (C=O) groups is 3. The lowest BCUT2D eigenvalue weighted by atomic mass is 10.1. The van der Waals surface area contributed by atoms with Crippen molar-refractivity contribution in [3.63, 3.8) is 0 Å². The third-order valence-electron chi connectivity index (χ3n) is 3.65. The number of allylic oxidation sites excluding steroid dienone is 1. The Bertz CT molecular complexity index is 773. The molecule has 0 aromatic heterocycles. The lowest BCUT2D eigenvalue weighted by Crippen LogP contribution is -2.46. The SMILES string of the molecule is COc1ccc(/C(C)=C2\SC(=S)N(C(CC(N)=O)C(=O)O)C2=O)cc1. The van der Waals surface area contributed by atoms with E-state index in [0.29, 0.717) is 16.2 Å². The number of nitrogens with zero attached hydrogens (tertiary/aromatic N) is 1. The minimum Gasteiger partial charge on any atom is -0.497 e. The minimum atomic E-state index is -1.41. The highest BCUT2D eigenvalue weighted by Gasteiger charge is 2.42. The molecule has 0 spiro atoms. The molecule has 1 aliphatic rings. The van der Waals surface area contributed by atoms with Crippen LogP contribution in [0, 0.1) is 0 Å². The largest absolute Gasteiger partial charge is 0.497 e. The smallest absolute Gasteiger partial charge is 0.327 e. The van der Waals surface area contributed by atoms with E-state index in [-0.39, 0.29) is 4.32 Å². The van der Waals surface area contributed by atoms with E-state index in [1.54, 1.807) is 38.3 Å². The first-order valence-electron chi connectivity index (χ1n) is 7.18. The average Bonchev–Trinajstić information content (AvgIpc) is 2.86. The first-order chi connectivity index (χ1) is 11.8. The summed E-state index contributed by atoms with van der Waals surface area (Å²) in [6, 6.07) is 5.68. The van der Waals surface area contributed by atoms with Gasteiger partial charge in [-0.15, -0.1) is 0 Å². The summed E-state index contributed by atoms with van der Waals surface area (Å²) in [5.74, 6) is -2.02. The molecule has 1 aliphatic heterocycles. The summed E-state index contributed by atoms with van der Waals surface area (Å²) in [6.07, 6.45) is -0.503. The molecular formula is C16H16N2O5S2. The topological polar surface area (TPSA) is 110 Å². The number of carboxylic acids is 1. The quantitative estimate of drug-likeness (QED) is 0.570. The number of amides is 2. The summed E-state index contributed by atoms with van der Waals surface area (Å²) in [4.78, 5) is 36.5. The maximum absolute atomic E-state index is 12.7. The number of primary amides is 1. The number of methoxy groups -OCH3 is 1. The Morgan fingerprint density at radius 1 is 1.36 bits per heavy atom. The third-order valence-corrected chi connectivity index (χ3v) is 5.16. The Hall–Kier alpha value is -2.39. The highest BCUT2D eigenvalue weighted by molar-refractivity contribution is 8.26. The molecule has 9 heteroatoms. The van der Waals surface area contributed by atoms with Gasteiger partial charge in [0.1, 0.15) is 16.1 Å². The Labute approximate surface area is 153 Å². The number of thiocarbonyl (C=S) groups is 1. The van der Waals surface area contributed by atoms with Crippen LogP contribution in [0.5, 0.6) is 5.75 Å². The number of carbonyl (C=O) groups excluding carboxylic acids is 2. The van der Waals surface area contributed by atoms with Crippen molar-refractivity contribution in [2.45, 2.75) is 19.4 Å². The number of benzene rings is 1. The van der Waals surface area contributed by atoms with E-state index >= 15 is 0 Å². The molecule has 132 valence electrons. The number of thioether (sulfide) groups is 1. The lowest BCUT2D eigenvalue weighted by Gasteiger charge is -2.21. The molecular weight excluding hydrogens is 364 g/mol. The molecule has 1 aromatic carbocycles. The van der Waals surface area contributed by atoms with Gasteiger partial charge < -0.3 is 15.6 Å². The van der Waals surface area contributed by atoms with Crippen molar-refractivity contribution in [3.05, 3.63) is 34.7 Å². The van der Waals surface area contributed by atoms with Gasteiger partial charge in [0.15, 0.2) is 0 Å². The number of carboxylic acid groups (broad SMARTS) is 1. The van der Waals surface area contributed by atoms with Crippen LogP contribution in [-0.4, -0.2) is 45.3 Å². The molecule has 7 nitrogen and oxygen atoms in total. The van der Waals surface area contributed by atoms with Crippen molar-refractivity contribution < 1.29 is 24.2 Å². The Morgan fingerprint density at radius 3 is 2.44 bits per heavy atom. The zero-order valence-electron chi connectivity index (χ0n) is 13.5. The first kappa shape index (κ1) is 18.9. The number of rotatable bonds is 6. The van der Waals surface area contributed by atoms with Crippen molar-refractivity contribution in [1.29, 1.82) is 0 Å². The van der Waals surface area contributed by atoms with Crippen LogP contribution in [-0.2, 0) is 14.4 Å². The van der Waals surface area contributed by atoms with Gasteiger partial charge in [0.05, 0.1) is 18.4 Å². The van der Waals surface area contributed by atoms with Crippen LogP contribution < -0.4 is 10.5 Å². The summed E-state index contributed by atoms with van der Waals surface area (Å²) in [5, 5.41) is 9.32.